The van der Waals surface area contributed by atoms with Gasteiger partial charge in [-0.25, -0.2) is 17.6 Å². The standard InChI is InChI=1S/C33H23F2N3O5.C26H17F2N3O5/c34-16-6-8-21-19(10-16)24-26-27(32(40)37-31(26)39)25-20-11-17(35)7-9-22(20)38(29(25)28(24)36-21)33-30(23-12-18(43-33)14-41-23)42-13-15-4-2-1-3-5-15;27-9-1-3-14-12(5-9)17-19-20(25(34)30-24(19)33)18-13-6-10(28)2-4-15(13)31(22(18)21(17)29-14)26-23(32)16-7-11(36-26)8-35-16/h1-11,18,23,30,33,36H,12-14H2,(H,37,39,40);1-6,11,16,23,26,29,32H,7-8H2,(H,30,33,34)/t18?,23?,30?,33-;11?,16?,23?,26-/m11/s1. The molecule has 17 rings (SSSR count). The first-order chi connectivity index (χ1) is 38.4. The number of fused-ring (bicyclic) bond motifs is 24. The molecule has 0 aliphatic carbocycles. The smallest absolute Gasteiger partial charge is 0.259 e. The molecule has 394 valence electrons. The Morgan fingerprint density at radius 2 is 0.975 bits per heavy atom. The van der Waals surface area contributed by atoms with Crippen molar-refractivity contribution >= 4 is 111 Å². The van der Waals surface area contributed by atoms with Crippen LogP contribution >= 0.6 is 0 Å². The van der Waals surface area contributed by atoms with Crippen molar-refractivity contribution in [1.82, 2.24) is 29.7 Å². The van der Waals surface area contributed by atoms with Crippen LogP contribution in [0.2, 0.25) is 0 Å². The van der Waals surface area contributed by atoms with Gasteiger partial charge in [0, 0.05) is 67.0 Å². The second-order valence-corrected chi connectivity index (χ2v) is 21.0. The third kappa shape index (κ3) is 6.63. The number of amides is 4. The predicted molar refractivity (Wildman–Crippen MR) is 279 cm³/mol. The molecule has 5 N–H and O–H groups in total. The summed E-state index contributed by atoms with van der Waals surface area (Å²) in [5.41, 5.74) is 5.68. The van der Waals surface area contributed by atoms with E-state index in [1.54, 1.807) is 28.8 Å². The van der Waals surface area contributed by atoms with Gasteiger partial charge in [-0.1, -0.05) is 30.3 Å². The maximum atomic E-state index is 14.9. The number of nitrogens with one attached hydrogen (secondary N) is 4. The quantitative estimate of drug-likeness (QED) is 0.0817. The molecule has 4 aromatic heterocycles. The maximum Gasteiger partial charge on any atom is 0.259 e. The van der Waals surface area contributed by atoms with Crippen LogP contribution in [0.3, 0.4) is 0 Å². The maximum absolute atomic E-state index is 14.9. The van der Waals surface area contributed by atoms with Gasteiger partial charge in [0.15, 0.2) is 12.5 Å². The van der Waals surface area contributed by atoms with Crippen LogP contribution in [0.5, 0.6) is 0 Å². The molecule has 0 saturated carbocycles. The van der Waals surface area contributed by atoms with Gasteiger partial charge in [0.05, 0.1) is 99.6 Å². The number of ether oxygens (including phenoxy) is 5. The molecule has 6 unspecified atom stereocenters. The number of aromatic amines is 2. The summed E-state index contributed by atoms with van der Waals surface area (Å²) >= 11 is 0. The first-order valence-corrected chi connectivity index (χ1v) is 25.8. The first-order valence-electron chi connectivity index (χ1n) is 25.8. The summed E-state index contributed by atoms with van der Waals surface area (Å²) in [5, 5.41) is 19.3. The number of aromatic nitrogens is 4. The number of aliphatic hydroxyl groups is 1. The molecule has 10 heterocycles. The fourth-order valence-corrected chi connectivity index (χ4v) is 13.4. The van der Waals surface area contributed by atoms with Crippen molar-refractivity contribution in [1.29, 1.82) is 0 Å². The molecule has 6 aliphatic rings. The van der Waals surface area contributed by atoms with Gasteiger partial charge in [-0.15, -0.1) is 0 Å². The minimum absolute atomic E-state index is 0.0894. The van der Waals surface area contributed by atoms with E-state index < -0.39 is 77.7 Å². The van der Waals surface area contributed by atoms with Crippen molar-refractivity contribution in [3.63, 3.8) is 0 Å². The molecule has 7 aromatic carbocycles. The van der Waals surface area contributed by atoms with Crippen molar-refractivity contribution in [3.8, 4) is 0 Å². The van der Waals surface area contributed by atoms with Crippen LogP contribution < -0.4 is 10.6 Å². The summed E-state index contributed by atoms with van der Waals surface area (Å²) < 4.78 is 93.2. The van der Waals surface area contributed by atoms with E-state index in [0.717, 1.165) is 5.56 Å². The number of carbonyl (C=O) groups is 4. The number of hydrogen-bond donors (Lipinski definition) is 5. The largest absolute Gasteiger partial charge is 0.386 e. The number of imide groups is 2. The number of rotatable bonds is 5. The third-order valence-electron chi connectivity index (χ3n) is 16.5. The van der Waals surface area contributed by atoms with E-state index in [9.17, 15) is 41.8 Å². The van der Waals surface area contributed by atoms with Gasteiger partial charge in [0.1, 0.15) is 35.5 Å². The third-order valence-corrected chi connectivity index (χ3v) is 16.5. The van der Waals surface area contributed by atoms with Gasteiger partial charge in [0.25, 0.3) is 23.6 Å². The van der Waals surface area contributed by atoms with Crippen molar-refractivity contribution in [2.24, 2.45) is 0 Å². The van der Waals surface area contributed by atoms with Gasteiger partial charge in [-0.2, -0.15) is 0 Å². The van der Waals surface area contributed by atoms with Crippen molar-refractivity contribution in [3.05, 3.63) is 154 Å². The van der Waals surface area contributed by atoms with Crippen LogP contribution in [-0.4, -0.2) is 97.7 Å². The highest BCUT2D eigenvalue weighted by Gasteiger charge is 2.49. The molecule has 11 aromatic rings. The number of benzene rings is 7. The topological polar surface area (TPSA) is 200 Å². The summed E-state index contributed by atoms with van der Waals surface area (Å²) in [6, 6.07) is 26.8. The zero-order valence-corrected chi connectivity index (χ0v) is 41.0. The number of hydrogen-bond acceptors (Lipinski definition) is 10. The number of H-pyrrole nitrogens is 2. The van der Waals surface area contributed by atoms with Gasteiger partial charge < -0.3 is 47.9 Å². The number of nitrogens with zero attached hydrogens (tertiary/aromatic N) is 2. The lowest BCUT2D eigenvalue weighted by atomic mass is 9.96. The summed E-state index contributed by atoms with van der Waals surface area (Å²) in [6.07, 6.45) is -3.10. The molecule has 0 radical (unpaired) electrons. The Bertz CT molecular complexity index is 4590. The minimum Gasteiger partial charge on any atom is -0.386 e. The summed E-state index contributed by atoms with van der Waals surface area (Å²) in [6.45, 7) is 1.07. The molecule has 4 fully saturated rings. The van der Waals surface area contributed by atoms with Gasteiger partial charge >= 0.3 is 0 Å². The van der Waals surface area contributed by atoms with Crippen molar-refractivity contribution in [2.75, 3.05) is 13.2 Å². The zero-order valence-electron chi connectivity index (χ0n) is 41.0. The summed E-state index contributed by atoms with van der Waals surface area (Å²) in [4.78, 5) is 59.5. The van der Waals surface area contributed by atoms with E-state index in [2.05, 4.69) is 20.6 Å². The molecule has 4 saturated heterocycles. The molecule has 79 heavy (non-hydrogen) atoms. The van der Waals surface area contributed by atoms with Crippen LogP contribution in [-0.2, 0) is 30.3 Å². The first kappa shape index (κ1) is 46.6. The fourth-order valence-electron chi connectivity index (χ4n) is 13.4. The molecule has 0 spiro atoms. The SMILES string of the molecule is O=C1NC(=O)c2c1c1c3cc(F)ccc3[nH]c1c1c2c2cc(F)ccc2n1[C@@H]1OC2COC(C2)C1O.O=C1NC(=O)c2c1c1c3cc(F)ccc3[nH]c1c1c2c2cc(F)ccc2n1[C@@H]1OC2COC(C2)C1OCc1ccccc1. The Kier molecular flexibility index (Phi) is 9.88. The van der Waals surface area contributed by atoms with Gasteiger partial charge in [-0.05, 0) is 78.4 Å². The number of halogens is 4. The number of carbonyl (C=O) groups excluding carboxylic acids is 4. The Morgan fingerprint density at radius 3 is 1.51 bits per heavy atom. The van der Waals surface area contributed by atoms with E-state index >= 15 is 0 Å². The summed E-state index contributed by atoms with van der Waals surface area (Å²) in [5.74, 6) is -4.39. The fraction of sp³-hybridized carbons (Fsp3) is 0.220. The number of aliphatic hydroxyl groups excluding tert-OH is 1. The molecular formula is C59H40F4N6O10. The van der Waals surface area contributed by atoms with E-state index in [0.29, 0.717) is 120 Å². The normalized spacial score (nSPS) is 24.3. The average Bonchev–Trinajstić information content (AvgIpc) is 3.10. The molecule has 20 heteroatoms. The monoisotopic (exact) mass is 1070 g/mol. The highest BCUT2D eigenvalue weighted by molar-refractivity contribution is 6.41. The van der Waals surface area contributed by atoms with Crippen LogP contribution in [0.25, 0.3) is 87.2 Å². The van der Waals surface area contributed by atoms with Crippen molar-refractivity contribution < 1.29 is 65.5 Å². The lowest BCUT2D eigenvalue weighted by Crippen LogP contribution is -2.43. The Labute approximate surface area is 440 Å². The highest BCUT2D eigenvalue weighted by Crippen LogP contribution is 2.50. The molecule has 4 amide bonds. The molecule has 4 bridgehead atoms. The Balaban J connectivity index is 0.000000134. The molecule has 8 atom stereocenters. The lowest BCUT2D eigenvalue weighted by Gasteiger charge is -2.37. The van der Waals surface area contributed by atoms with Crippen LogP contribution in [0, 0.1) is 23.3 Å². The van der Waals surface area contributed by atoms with Gasteiger partial charge in [0.2, 0.25) is 0 Å². The van der Waals surface area contributed by atoms with E-state index in [1.807, 2.05) is 34.9 Å². The lowest BCUT2D eigenvalue weighted by molar-refractivity contribution is -0.174. The minimum atomic E-state index is -1.03. The molecular weight excluding hydrogens is 1030 g/mol. The van der Waals surface area contributed by atoms with E-state index in [1.165, 1.54) is 48.5 Å². The highest BCUT2D eigenvalue weighted by atomic mass is 19.1. The van der Waals surface area contributed by atoms with Crippen LogP contribution in [0.15, 0.2) is 103 Å². The summed E-state index contributed by atoms with van der Waals surface area (Å²) in [7, 11) is 0. The average molecular weight is 1070 g/mol. The molecule has 16 nitrogen and oxygen atoms in total. The van der Waals surface area contributed by atoms with Crippen LogP contribution in [0.4, 0.5) is 17.6 Å². The van der Waals surface area contributed by atoms with Gasteiger partial charge in [-0.3, -0.25) is 29.8 Å². The zero-order chi connectivity index (χ0) is 53.4. The Morgan fingerprint density at radius 1 is 0.532 bits per heavy atom. The van der Waals surface area contributed by atoms with E-state index in [-0.39, 0.29) is 40.6 Å². The second kappa shape index (κ2) is 16.8. The van der Waals surface area contributed by atoms with Crippen molar-refractivity contribution in [2.45, 2.75) is 68.5 Å². The van der Waals surface area contributed by atoms with E-state index in [4.69, 9.17) is 23.7 Å². The predicted octanol–water partition coefficient (Wildman–Crippen LogP) is 9.50. The Hall–Kier alpha value is -8.50. The molecule has 6 aliphatic heterocycles. The van der Waals surface area contributed by atoms with Crippen LogP contribution in [0.1, 0.15) is 72.3 Å². The second-order valence-electron chi connectivity index (χ2n) is 21.0.